The highest BCUT2D eigenvalue weighted by Gasteiger charge is 2.15. The Labute approximate surface area is 130 Å². The number of furan rings is 1. The van der Waals surface area contributed by atoms with Crippen LogP contribution in [0, 0.1) is 6.92 Å². The van der Waals surface area contributed by atoms with Gasteiger partial charge in [-0.05, 0) is 31.9 Å². The van der Waals surface area contributed by atoms with Crippen LogP contribution in [0.25, 0.3) is 0 Å². The summed E-state index contributed by atoms with van der Waals surface area (Å²) in [5.74, 6) is 1.23. The number of aryl methyl sites for hydroxylation is 1. The fourth-order valence-corrected chi connectivity index (χ4v) is 2.46. The maximum Gasteiger partial charge on any atom is 0.248 e. The molecule has 2 heterocycles. The van der Waals surface area contributed by atoms with E-state index < -0.39 is 0 Å². The first-order chi connectivity index (χ1) is 10.6. The molecule has 0 saturated carbocycles. The van der Waals surface area contributed by atoms with Crippen molar-refractivity contribution in [3.05, 3.63) is 23.7 Å². The molecular weight excluding hydrogens is 284 g/mol. The van der Waals surface area contributed by atoms with Gasteiger partial charge in [0.2, 0.25) is 11.8 Å². The Balaban J connectivity index is 1.60. The zero-order valence-corrected chi connectivity index (χ0v) is 13.1. The van der Waals surface area contributed by atoms with Gasteiger partial charge >= 0.3 is 0 Å². The fourth-order valence-electron chi connectivity index (χ4n) is 2.46. The lowest BCUT2D eigenvalue weighted by Crippen LogP contribution is -2.36. The lowest BCUT2D eigenvalue weighted by atomic mass is 10.2. The molecule has 1 N–H and O–H groups in total. The van der Waals surface area contributed by atoms with Crippen LogP contribution >= 0.6 is 0 Å². The molecule has 6 nitrogen and oxygen atoms in total. The Morgan fingerprint density at radius 3 is 2.55 bits per heavy atom. The normalized spacial score (nSPS) is 15.4. The largest absolute Gasteiger partial charge is 0.465 e. The molecule has 0 bridgehead atoms. The van der Waals surface area contributed by atoms with E-state index in [4.69, 9.17) is 9.15 Å². The van der Waals surface area contributed by atoms with Crippen molar-refractivity contribution in [3.63, 3.8) is 0 Å². The summed E-state index contributed by atoms with van der Waals surface area (Å²) in [6, 6.07) is 3.66. The zero-order chi connectivity index (χ0) is 15.8. The van der Waals surface area contributed by atoms with Gasteiger partial charge < -0.3 is 19.4 Å². The summed E-state index contributed by atoms with van der Waals surface area (Å²) in [5, 5.41) is 2.69. The SMILES string of the molecule is Cc1ccc(CNC(=O)COCC(=O)N2CCCCCC2)o1. The van der Waals surface area contributed by atoms with E-state index in [1.54, 1.807) is 0 Å². The van der Waals surface area contributed by atoms with Crippen molar-refractivity contribution in [2.24, 2.45) is 0 Å². The third-order valence-electron chi connectivity index (χ3n) is 3.67. The van der Waals surface area contributed by atoms with Crippen molar-refractivity contribution in [1.29, 1.82) is 0 Å². The molecule has 0 unspecified atom stereocenters. The van der Waals surface area contributed by atoms with Crippen molar-refractivity contribution in [3.8, 4) is 0 Å². The minimum Gasteiger partial charge on any atom is -0.465 e. The van der Waals surface area contributed by atoms with Crippen LogP contribution < -0.4 is 5.32 Å². The minimum atomic E-state index is -0.252. The summed E-state index contributed by atoms with van der Waals surface area (Å²) in [7, 11) is 0. The average molecular weight is 308 g/mol. The van der Waals surface area contributed by atoms with Crippen LogP contribution in [-0.2, 0) is 20.9 Å². The van der Waals surface area contributed by atoms with Gasteiger partial charge in [-0.2, -0.15) is 0 Å². The van der Waals surface area contributed by atoms with Crippen molar-refractivity contribution in [2.45, 2.75) is 39.2 Å². The molecule has 2 amide bonds. The van der Waals surface area contributed by atoms with E-state index in [0.717, 1.165) is 31.7 Å². The number of carbonyl (C=O) groups excluding carboxylic acids is 2. The van der Waals surface area contributed by atoms with Crippen molar-refractivity contribution < 1.29 is 18.7 Å². The maximum absolute atomic E-state index is 12.0. The molecule has 1 fully saturated rings. The number of carbonyl (C=O) groups is 2. The first-order valence-corrected chi connectivity index (χ1v) is 7.82. The second-order valence-corrected chi connectivity index (χ2v) is 5.58. The molecule has 0 aromatic carbocycles. The van der Waals surface area contributed by atoms with Crippen LogP contribution in [0.3, 0.4) is 0 Å². The van der Waals surface area contributed by atoms with E-state index in [9.17, 15) is 9.59 Å². The van der Waals surface area contributed by atoms with Gasteiger partial charge in [0.05, 0.1) is 6.54 Å². The number of amides is 2. The lowest BCUT2D eigenvalue weighted by Gasteiger charge is -2.19. The predicted molar refractivity (Wildman–Crippen MR) is 81.2 cm³/mol. The zero-order valence-electron chi connectivity index (χ0n) is 13.1. The van der Waals surface area contributed by atoms with Crippen molar-refractivity contribution >= 4 is 11.8 Å². The van der Waals surface area contributed by atoms with Crippen LogP contribution in [0.1, 0.15) is 37.2 Å². The van der Waals surface area contributed by atoms with E-state index in [-0.39, 0.29) is 25.0 Å². The predicted octanol–water partition coefficient (Wildman–Crippen LogP) is 1.62. The number of hydrogen-bond acceptors (Lipinski definition) is 4. The first kappa shape index (κ1) is 16.5. The lowest BCUT2D eigenvalue weighted by molar-refractivity contribution is -0.138. The number of ether oxygens (including phenoxy) is 1. The second kappa shape index (κ2) is 8.58. The van der Waals surface area contributed by atoms with Crippen LogP contribution in [0.2, 0.25) is 0 Å². The van der Waals surface area contributed by atoms with E-state index >= 15 is 0 Å². The third kappa shape index (κ3) is 5.52. The highest BCUT2D eigenvalue weighted by molar-refractivity contribution is 5.79. The van der Waals surface area contributed by atoms with Gasteiger partial charge in [-0.15, -0.1) is 0 Å². The fraction of sp³-hybridized carbons (Fsp3) is 0.625. The molecule has 1 aliphatic heterocycles. The van der Waals surface area contributed by atoms with Crippen LogP contribution in [-0.4, -0.2) is 43.0 Å². The standard InChI is InChI=1S/C16H24N2O4/c1-13-6-7-14(22-13)10-17-15(19)11-21-12-16(20)18-8-4-2-3-5-9-18/h6-7H,2-5,8-12H2,1H3,(H,17,19). The molecule has 22 heavy (non-hydrogen) atoms. The molecule has 0 radical (unpaired) electrons. The summed E-state index contributed by atoms with van der Waals surface area (Å²) in [6.07, 6.45) is 4.46. The van der Waals surface area contributed by atoms with E-state index in [2.05, 4.69) is 5.32 Å². The van der Waals surface area contributed by atoms with E-state index in [1.165, 1.54) is 12.8 Å². The summed E-state index contributed by atoms with van der Waals surface area (Å²) in [5.41, 5.74) is 0. The quantitative estimate of drug-likeness (QED) is 0.867. The van der Waals surface area contributed by atoms with Gasteiger partial charge in [0.1, 0.15) is 24.7 Å². The average Bonchev–Trinajstić information content (AvgIpc) is 2.76. The summed E-state index contributed by atoms with van der Waals surface area (Å²) in [6.45, 7) is 3.63. The van der Waals surface area contributed by atoms with Crippen molar-refractivity contribution in [2.75, 3.05) is 26.3 Å². The molecule has 0 spiro atoms. The molecule has 0 atom stereocenters. The Bertz CT molecular complexity index is 490. The van der Waals surface area contributed by atoms with Crippen LogP contribution in [0.4, 0.5) is 0 Å². The summed E-state index contributed by atoms with van der Waals surface area (Å²) >= 11 is 0. The van der Waals surface area contributed by atoms with E-state index in [0.29, 0.717) is 12.3 Å². The van der Waals surface area contributed by atoms with Gasteiger partial charge in [0.15, 0.2) is 0 Å². The second-order valence-electron chi connectivity index (χ2n) is 5.58. The van der Waals surface area contributed by atoms with Gasteiger partial charge in [-0.25, -0.2) is 0 Å². The monoisotopic (exact) mass is 308 g/mol. The number of rotatable bonds is 6. The molecule has 2 rings (SSSR count). The molecular formula is C16H24N2O4. The topological polar surface area (TPSA) is 71.8 Å². The molecule has 0 aliphatic carbocycles. The van der Waals surface area contributed by atoms with Gasteiger partial charge in [0, 0.05) is 13.1 Å². The number of nitrogens with one attached hydrogen (secondary N) is 1. The molecule has 1 aromatic heterocycles. The summed E-state index contributed by atoms with van der Waals surface area (Å²) in [4.78, 5) is 25.4. The summed E-state index contributed by atoms with van der Waals surface area (Å²) < 4.78 is 10.6. The Hall–Kier alpha value is -1.82. The molecule has 1 saturated heterocycles. The molecule has 1 aromatic rings. The molecule has 1 aliphatic rings. The van der Waals surface area contributed by atoms with Crippen molar-refractivity contribution in [1.82, 2.24) is 10.2 Å². The Morgan fingerprint density at radius 2 is 1.91 bits per heavy atom. The van der Waals surface area contributed by atoms with E-state index in [1.807, 2.05) is 24.0 Å². The molecule has 6 heteroatoms. The van der Waals surface area contributed by atoms with Crippen LogP contribution in [0.5, 0.6) is 0 Å². The van der Waals surface area contributed by atoms with Gasteiger partial charge in [-0.1, -0.05) is 12.8 Å². The Kier molecular flexibility index (Phi) is 6.45. The van der Waals surface area contributed by atoms with Gasteiger partial charge in [0.25, 0.3) is 0 Å². The van der Waals surface area contributed by atoms with Gasteiger partial charge in [-0.3, -0.25) is 9.59 Å². The highest BCUT2D eigenvalue weighted by Crippen LogP contribution is 2.09. The maximum atomic E-state index is 12.0. The Morgan fingerprint density at radius 1 is 1.18 bits per heavy atom. The highest BCUT2D eigenvalue weighted by atomic mass is 16.5. The third-order valence-corrected chi connectivity index (χ3v) is 3.67. The number of likely N-dealkylation sites (tertiary alicyclic amines) is 1. The number of nitrogens with zero attached hydrogens (tertiary/aromatic N) is 1. The minimum absolute atomic E-state index is 0.0311. The number of hydrogen-bond donors (Lipinski definition) is 1. The first-order valence-electron chi connectivity index (χ1n) is 7.82. The van der Waals surface area contributed by atoms with Crippen LogP contribution in [0.15, 0.2) is 16.5 Å². The smallest absolute Gasteiger partial charge is 0.248 e. The molecule has 122 valence electrons.